The monoisotopic (exact) mass is 277 g/mol. The van der Waals surface area contributed by atoms with Crippen molar-refractivity contribution in [3.05, 3.63) is 29.8 Å². The number of hydrogen-bond donors (Lipinski definition) is 0. The lowest BCUT2D eigenvalue weighted by Crippen LogP contribution is -2.41. The molecular formula is C15H19NO4. The van der Waals surface area contributed by atoms with E-state index in [0.29, 0.717) is 13.0 Å². The summed E-state index contributed by atoms with van der Waals surface area (Å²) >= 11 is 0. The summed E-state index contributed by atoms with van der Waals surface area (Å²) in [4.78, 5) is 25.6. The minimum atomic E-state index is -0.432. The van der Waals surface area contributed by atoms with Crippen molar-refractivity contribution in [3.63, 3.8) is 0 Å². The molecule has 1 saturated heterocycles. The Labute approximate surface area is 118 Å². The lowest BCUT2D eigenvalue weighted by atomic mass is 10.1. The maximum Gasteiger partial charge on any atom is 0.328 e. The number of hydrogen-bond acceptors (Lipinski definition) is 4. The molecule has 0 spiro atoms. The van der Waals surface area contributed by atoms with Crippen LogP contribution in [0, 0.1) is 0 Å². The van der Waals surface area contributed by atoms with Crippen LogP contribution in [-0.2, 0) is 20.7 Å². The lowest BCUT2D eigenvalue weighted by Gasteiger charge is -2.22. The van der Waals surface area contributed by atoms with E-state index in [0.717, 1.165) is 17.7 Å². The number of benzene rings is 1. The summed E-state index contributed by atoms with van der Waals surface area (Å²) in [5.74, 6) is 0.342. The standard InChI is InChI=1S/C15H19NO4/c1-19-12-6-3-5-11(9-12)10-14(17)16-8-4-7-13(16)15(18)20-2/h3,5-6,9,13H,4,7-8,10H2,1-2H3. The van der Waals surface area contributed by atoms with E-state index in [1.165, 1.54) is 7.11 Å². The maximum atomic E-state index is 12.3. The molecule has 1 heterocycles. The zero-order valence-corrected chi connectivity index (χ0v) is 11.8. The maximum absolute atomic E-state index is 12.3. The first-order chi connectivity index (χ1) is 9.65. The van der Waals surface area contributed by atoms with Gasteiger partial charge in [-0.15, -0.1) is 0 Å². The molecule has 0 bridgehead atoms. The van der Waals surface area contributed by atoms with Crippen LogP contribution in [0.25, 0.3) is 0 Å². The Morgan fingerprint density at radius 1 is 1.35 bits per heavy atom. The van der Waals surface area contributed by atoms with E-state index in [-0.39, 0.29) is 18.3 Å². The van der Waals surface area contributed by atoms with Crippen molar-refractivity contribution >= 4 is 11.9 Å². The average molecular weight is 277 g/mol. The Kier molecular flexibility index (Phi) is 4.61. The summed E-state index contributed by atoms with van der Waals surface area (Å²) in [6, 6.07) is 6.97. The smallest absolute Gasteiger partial charge is 0.328 e. The summed E-state index contributed by atoms with van der Waals surface area (Å²) in [5, 5.41) is 0. The fraction of sp³-hybridized carbons (Fsp3) is 0.467. The molecule has 1 fully saturated rings. The van der Waals surface area contributed by atoms with E-state index in [4.69, 9.17) is 9.47 Å². The van der Waals surface area contributed by atoms with Crippen LogP contribution < -0.4 is 4.74 Å². The van der Waals surface area contributed by atoms with E-state index in [9.17, 15) is 9.59 Å². The van der Waals surface area contributed by atoms with Crippen molar-refractivity contribution in [1.82, 2.24) is 4.90 Å². The second-order valence-electron chi connectivity index (χ2n) is 4.80. The molecule has 1 aliphatic heterocycles. The van der Waals surface area contributed by atoms with Crippen LogP contribution in [0.5, 0.6) is 5.75 Å². The molecule has 5 nitrogen and oxygen atoms in total. The number of carbonyl (C=O) groups is 2. The Hall–Kier alpha value is -2.04. The molecule has 0 aromatic heterocycles. The number of nitrogens with zero attached hydrogens (tertiary/aromatic N) is 1. The predicted molar refractivity (Wildman–Crippen MR) is 73.4 cm³/mol. The van der Waals surface area contributed by atoms with Gasteiger partial charge in [0.1, 0.15) is 11.8 Å². The molecule has 108 valence electrons. The molecule has 1 unspecified atom stereocenters. The second-order valence-corrected chi connectivity index (χ2v) is 4.80. The molecule has 1 aliphatic rings. The summed E-state index contributed by atoms with van der Waals surface area (Å²) in [7, 11) is 2.94. The minimum Gasteiger partial charge on any atom is -0.497 e. The number of likely N-dealkylation sites (tertiary alicyclic amines) is 1. The predicted octanol–water partition coefficient (Wildman–Crippen LogP) is 1.40. The van der Waals surface area contributed by atoms with Crippen molar-refractivity contribution in [3.8, 4) is 5.75 Å². The summed E-state index contributed by atoms with van der Waals surface area (Å²) in [5.41, 5.74) is 0.880. The van der Waals surface area contributed by atoms with Gasteiger partial charge in [0.2, 0.25) is 5.91 Å². The minimum absolute atomic E-state index is 0.0499. The third-order valence-electron chi connectivity index (χ3n) is 3.54. The molecule has 1 atom stereocenters. The summed E-state index contributed by atoms with van der Waals surface area (Å²) in [6.45, 7) is 0.614. The van der Waals surface area contributed by atoms with E-state index < -0.39 is 6.04 Å². The third kappa shape index (κ3) is 3.10. The molecule has 20 heavy (non-hydrogen) atoms. The molecule has 0 saturated carbocycles. The van der Waals surface area contributed by atoms with Crippen molar-refractivity contribution < 1.29 is 19.1 Å². The van der Waals surface area contributed by atoms with Crippen molar-refractivity contribution in [1.29, 1.82) is 0 Å². The molecule has 0 N–H and O–H groups in total. The van der Waals surface area contributed by atoms with Crippen molar-refractivity contribution in [2.24, 2.45) is 0 Å². The Morgan fingerprint density at radius 2 is 2.15 bits per heavy atom. The van der Waals surface area contributed by atoms with Gasteiger partial charge >= 0.3 is 5.97 Å². The number of rotatable bonds is 4. The topological polar surface area (TPSA) is 55.8 Å². The van der Waals surface area contributed by atoms with Gasteiger partial charge in [0.05, 0.1) is 20.6 Å². The quantitative estimate of drug-likeness (QED) is 0.781. The Morgan fingerprint density at radius 3 is 2.85 bits per heavy atom. The first-order valence-corrected chi connectivity index (χ1v) is 6.66. The third-order valence-corrected chi connectivity index (χ3v) is 3.54. The molecule has 1 aromatic rings. The Balaban J connectivity index is 2.05. The summed E-state index contributed by atoms with van der Waals surface area (Å²) in [6.07, 6.45) is 1.78. The number of ether oxygens (including phenoxy) is 2. The van der Waals surface area contributed by atoms with Gasteiger partial charge in [-0.05, 0) is 30.5 Å². The second kappa shape index (κ2) is 6.41. The van der Waals surface area contributed by atoms with Gasteiger partial charge in [-0.25, -0.2) is 4.79 Å². The van der Waals surface area contributed by atoms with Gasteiger partial charge < -0.3 is 14.4 Å². The van der Waals surface area contributed by atoms with Crippen LogP contribution in [0.4, 0.5) is 0 Å². The first kappa shape index (κ1) is 14.4. The van der Waals surface area contributed by atoms with Gasteiger partial charge in [-0.2, -0.15) is 0 Å². The lowest BCUT2D eigenvalue weighted by molar-refractivity contribution is -0.150. The zero-order valence-electron chi connectivity index (χ0n) is 11.8. The fourth-order valence-electron chi connectivity index (χ4n) is 2.50. The van der Waals surface area contributed by atoms with Gasteiger partial charge in [0.15, 0.2) is 0 Å². The van der Waals surface area contributed by atoms with Gasteiger partial charge in [-0.1, -0.05) is 12.1 Å². The molecule has 1 aromatic carbocycles. The van der Waals surface area contributed by atoms with Crippen LogP contribution in [0.2, 0.25) is 0 Å². The Bertz CT molecular complexity index is 500. The van der Waals surface area contributed by atoms with Crippen LogP contribution >= 0.6 is 0 Å². The number of methoxy groups -OCH3 is 2. The highest BCUT2D eigenvalue weighted by molar-refractivity contribution is 5.86. The molecule has 0 aliphatic carbocycles. The summed E-state index contributed by atoms with van der Waals surface area (Å²) < 4.78 is 9.89. The highest BCUT2D eigenvalue weighted by Crippen LogP contribution is 2.20. The number of amides is 1. The largest absolute Gasteiger partial charge is 0.497 e. The van der Waals surface area contributed by atoms with Gasteiger partial charge in [0, 0.05) is 6.54 Å². The average Bonchev–Trinajstić information content (AvgIpc) is 2.96. The van der Waals surface area contributed by atoms with Gasteiger partial charge in [-0.3, -0.25) is 4.79 Å². The molecular weight excluding hydrogens is 258 g/mol. The highest BCUT2D eigenvalue weighted by atomic mass is 16.5. The van der Waals surface area contributed by atoms with E-state index in [1.54, 1.807) is 12.0 Å². The van der Waals surface area contributed by atoms with E-state index in [2.05, 4.69) is 0 Å². The number of carbonyl (C=O) groups excluding carboxylic acids is 2. The molecule has 5 heteroatoms. The molecule has 1 amide bonds. The van der Waals surface area contributed by atoms with Crippen LogP contribution in [0.3, 0.4) is 0 Å². The van der Waals surface area contributed by atoms with E-state index in [1.807, 2.05) is 24.3 Å². The van der Waals surface area contributed by atoms with Crippen LogP contribution in [-0.4, -0.2) is 43.6 Å². The van der Waals surface area contributed by atoms with E-state index >= 15 is 0 Å². The van der Waals surface area contributed by atoms with Crippen molar-refractivity contribution in [2.75, 3.05) is 20.8 Å². The highest BCUT2D eigenvalue weighted by Gasteiger charge is 2.34. The first-order valence-electron chi connectivity index (χ1n) is 6.66. The van der Waals surface area contributed by atoms with Crippen LogP contribution in [0.1, 0.15) is 18.4 Å². The molecule has 2 rings (SSSR count). The zero-order chi connectivity index (χ0) is 14.5. The molecule has 0 radical (unpaired) electrons. The van der Waals surface area contributed by atoms with Crippen molar-refractivity contribution in [2.45, 2.75) is 25.3 Å². The fourth-order valence-corrected chi connectivity index (χ4v) is 2.50. The normalized spacial score (nSPS) is 17.9. The van der Waals surface area contributed by atoms with Crippen LogP contribution in [0.15, 0.2) is 24.3 Å². The van der Waals surface area contributed by atoms with Gasteiger partial charge in [0.25, 0.3) is 0 Å². The SMILES string of the molecule is COC(=O)C1CCCN1C(=O)Cc1cccc(OC)c1. The number of esters is 1.